The zero-order chi connectivity index (χ0) is 16.4. The lowest BCUT2D eigenvalue weighted by molar-refractivity contribution is -0.121. The maximum Gasteiger partial charge on any atom is 0.222 e. The highest BCUT2D eigenvalue weighted by Crippen LogP contribution is 2.22. The van der Waals surface area contributed by atoms with Crippen molar-refractivity contribution in [1.82, 2.24) is 9.88 Å². The van der Waals surface area contributed by atoms with E-state index in [0.29, 0.717) is 19.4 Å². The van der Waals surface area contributed by atoms with Gasteiger partial charge in [-0.2, -0.15) is 0 Å². The van der Waals surface area contributed by atoms with Crippen molar-refractivity contribution < 1.29 is 17.9 Å². The Morgan fingerprint density at radius 1 is 1.39 bits per heavy atom. The summed E-state index contributed by atoms with van der Waals surface area (Å²) in [4.78, 5) is 12.0. The number of hydrogen-bond donors (Lipinski definition) is 1. The van der Waals surface area contributed by atoms with Crippen molar-refractivity contribution in [1.29, 1.82) is 0 Å². The third-order valence-corrected chi connectivity index (χ3v) is 5.92. The maximum atomic E-state index is 12.0. The molecule has 3 rings (SSSR count). The number of nitrogens with zero attached hydrogens (tertiary/aromatic N) is 1. The SMILES string of the molecule is COc1ccc2c(ccn2CCC(=O)N[C@H]2CCS(=O)(=O)C2)c1. The summed E-state index contributed by atoms with van der Waals surface area (Å²) in [6.45, 7) is 0.557. The highest BCUT2D eigenvalue weighted by atomic mass is 32.2. The van der Waals surface area contributed by atoms with Gasteiger partial charge in [0.05, 0.1) is 18.6 Å². The molecule has 6 nitrogen and oxygen atoms in total. The lowest BCUT2D eigenvalue weighted by Crippen LogP contribution is -2.35. The van der Waals surface area contributed by atoms with Gasteiger partial charge in [0.15, 0.2) is 9.84 Å². The number of carbonyl (C=O) groups excluding carboxylic acids is 1. The van der Waals surface area contributed by atoms with Gasteiger partial charge in [0.25, 0.3) is 0 Å². The summed E-state index contributed by atoms with van der Waals surface area (Å²) in [5, 5.41) is 3.87. The molecule has 0 bridgehead atoms. The number of hydrogen-bond acceptors (Lipinski definition) is 4. The van der Waals surface area contributed by atoms with Crippen molar-refractivity contribution in [3.8, 4) is 5.75 Å². The van der Waals surface area contributed by atoms with E-state index in [2.05, 4.69) is 5.32 Å². The van der Waals surface area contributed by atoms with Crippen LogP contribution in [0.5, 0.6) is 5.75 Å². The zero-order valence-electron chi connectivity index (χ0n) is 13.0. The van der Waals surface area contributed by atoms with E-state index >= 15 is 0 Å². The zero-order valence-corrected chi connectivity index (χ0v) is 13.8. The van der Waals surface area contributed by atoms with Gasteiger partial charge in [-0.15, -0.1) is 0 Å². The first kappa shape index (κ1) is 15.9. The van der Waals surface area contributed by atoms with Gasteiger partial charge in [0.1, 0.15) is 5.75 Å². The van der Waals surface area contributed by atoms with Crippen LogP contribution in [0.2, 0.25) is 0 Å². The normalized spacial score (nSPS) is 19.8. The summed E-state index contributed by atoms with van der Waals surface area (Å²) in [5.41, 5.74) is 1.04. The van der Waals surface area contributed by atoms with Crippen molar-refractivity contribution in [3.05, 3.63) is 30.5 Å². The van der Waals surface area contributed by atoms with E-state index in [1.165, 1.54) is 0 Å². The molecule has 1 aromatic heterocycles. The van der Waals surface area contributed by atoms with Crippen LogP contribution >= 0.6 is 0 Å². The Hall–Kier alpha value is -2.02. The number of nitrogens with one attached hydrogen (secondary N) is 1. The fourth-order valence-electron chi connectivity index (χ4n) is 2.93. The molecule has 0 radical (unpaired) electrons. The van der Waals surface area contributed by atoms with Crippen LogP contribution in [0.1, 0.15) is 12.8 Å². The molecule has 2 heterocycles. The van der Waals surface area contributed by atoms with Crippen LogP contribution < -0.4 is 10.1 Å². The van der Waals surface area contributed by atoms with Gasteiger partial charge in [-0.05, 0) is 30.7 Å². The summed E-state index contributed by atoms with van der Waals surface area (Å²) in [6.07, 6.45) is 2.78. The van der Waals surface area contributed by atoms with E-state index in [9.17, 15) is 13.2 Å². The largest absolute Gasteiger partial charge is 0.497 e. The molecular formula is C16H20N2O4S. The van der Waals surface area contributed by atoms with Crippen LogP contribution in [0.25, 0.3) is 10.9 Å². The Balaban J connectivity index is 1.59. The summed E-state index contributed by atoms with van der Waals surface area (Å²) in [7, 11) is -1.34. The van der Waals surface area contributed by atoms with E-state index in [4.69, 9.17) is 4.74 Å². The molecule has 1 aliphatic rings. The lowest BCUT2D eigenvalue weighted by atomic mass is 10.2. The molecular weight excluding hydrogens is 316 g/mol. The Morgan fingerprint density at radius 3 is 2.91 bits per heavy atom. The summed E-state index contributed by atoms with van der Waals surface area (Å²) >= 11 is 0. The number of rotatable bonds is 5. The smallest absolute Gasteiger partial charge is 0.222 e. The lowest BCUT2D eigenvalue weighted by Gasteiger charge is -2.11. The molecule has 1 aromatic carbocycles. The molecule has 1 aliphatic heterocycles. The Kier molecular flexibility index (Phi) is 4.30. The Morgan fingerprint density at radius 2 is 2.22 bits per heavy atom. The topological polar surface area (TPSA) is 77.4 Å². The second kappa shape index (κ2) is 6.23. The summed E-state index contributed by atoms with van der Waals surface area (Å²) in [5.74, 6) is 0.922. The molecule has 2 aromatic rings. The van der Waals surface area contributed by atoms with E-state index in [0.717, 1.165) is 16.7 Å². The highest BCUT2D eigenvalue weighted by Gasteiger charge is 2.28. The number of amides is 1. The molecule has 0 saturated carbocycles. The molecule has 1 N–H and O–H groups in total. The molecule has 124 valence electrons. The molecule has 23 heavy (non-hydrogen) atoms. The van der Waals surface area contributed by atoms with Gasteiger partial charge in [-0.1, -0.05) is 0 Å². The first-order chi connectivity index (χ1) is 11.0. The summed E-state index contributed by atoms with van der Waals surface area (Å²) in [6, 6.07) is 7.56. The maximum absolute atomic E-state index is 12.0. The number of benzene rings is 1. The van der Waals surface area contributed by atoms with Crippen LogP contribution in [-0.4, -0.2) is 43.5 Å². The van der Waals surface area contributed by atoms with E-state index < -0.39 is 9.84 Å². The number of methoxy groups -OCH3 is 1. The molecule has 0 unspecified atom stereocenters. The van der Waals surface area contributed by atoms with Crippen LogP contribution in [0.3, 0.4) is 0 Å². The molecule has 7 heteroatoms. The van der Waals surface area contributed by atoms with Gasteiger partial charge in [0, 0.05) is 36.1 Å². The second-order valence-corrected chi connectivity index (χ2v) is 8.08. The average Bonchev–Trinajstić information content (AvgIpc) is 3.07. The van der Waals surface area contributed by atoms with Crippen molar-refractivity contribution in [3.63, 3.8) is 0 Å². The second-order valence-electron chi connectivity index (χ2n) is 5.85. The first-order valence-electron chi connectivity index (χ1n) is 7.59. The van der Waals surface area contributed by atoms with Crippen LogP contribution in [0.4, 0.5) is 0 Å². The highest BCUT2D eigenvalue weighted by molar-refractivity contribution is 7.91. The van der Waals surface area contributed by atoms with Gasteiger partial charge in [-0.25, -0.2) is 8.42 Å². The van der Waals surface area contributed by atoms with E-state index in [1.807, 2.05) is 35.0 Å². The van der Waals surface area contributed by atoms with Gasteiger partial charge in [0.2, 0.25) is 5.91 Å². The number of ether oxygens (including phenoxy) is 1. The fraction of sp³-hybridized carbons (Fsp3) is 0.438. The molecule has 1 amide bonds. The minimum atomic E-state index is -2.97. The number of carbonyl (C=O) groups is 1. The van der Waals surface area contributed by atoms with Crippen LogP contribution in [-0.2, 0) is 21.2 Å². The Labute approximate surface area is 135 Å². The predicted molar refractivity (Wildman–Crippen MR) is 88.3 cm³/mol. The van der Waals surface area contributed by atoms with Gasteiger partial charge >= 0.3 is 0 Å². The molecule has 0 spiro atoms. The molecule has 1 atom stereocenters. The number of fused-ring (bicyclic) bond motifs is 1. The van der Waals surface area contributed by atoms with Gasteiger partial charge < -0.3 is 14.6 Å². The van der Waals surface area contributed by atoms with E-state index in [-0.39, 0.29) is 23.5 Å². The van der Waals surface area contributed by atoms with Crippen molar-refractivity contribution >= 4 is 26.6 Å². The minimum absolute atomic E-state index is 0.0605. The van der Waals surface area contributed by atoms with Crippen molar-refractivity contribution in [2.75, 3.05) is 18.6 Å². The van der Waals surface area contributed by atoms with E-state index in [1.54, 1.807) is 7.11 Å². The monoisotopic (exact) mass is 336 g/mol. The minimum Gasteiger partial charge on any atom is -0.497 e. The molecule has 1 fully saturated rings. The van der Waals surface area contributed by atoms with Crippen LogP contribution in [0.15, 0.2) is 30.5 Å². The Bertz CT molecular complexity index is 826. The summed E-state index contributed by atoms with van der Waals surface area (Å²) < 4.78 is 30.0. The molecule has 0 aliphatic carbocycles. The number of sulfone groups is 1. The quantitative estimate of drug-likeness (QED) is 0.894. The van der Waals surface area contributed by atoms with Crippen molar-refractivity contribution in [2.24, 2.45) is 0 Å². The predicted octanol–water partition coefficient (Wildman–Crippen LogP) is 1.34. The average molecular weight is 336 g/mol. The van der Waals surface area contributed by atoms with Crippen molar-refractivity contribution in [2.45, 2.75) is 25.4 Å². The number of aromatic nitrogens is 1. The number of aryl methyl sites for hydroxylation is 1. The third kappa shape index (κ3) is 3.67. The molecule has 1 saturated heterocycles. The first-order valence-corrected chi connectivity index (χ1v) is 9.42. The van der Waals surface area contributed by atoms with Gasteiger partial charge in [-0.3, -0.25) is 4.79 Å². The third-order valence-electron chi connectivity index (χ3n) is 4.16. The standard InChI is InChI=1S/C16H20N2O4S/c1-22-14-2-3-15-12(10-14)4-7-18(15)8-5-16(19)17-13-6-9-23(20,21)11-13/h2-4,7,10,13H,5-6,8-9,11H2,1H3,(H,17,19)/t13-/m0/s1. The fourth-order valence-corrected chi connectivity index (χ4v) is 4.60. The van der Waals surface area contributed by atoms with Crippen LogP contribution in [0, 0.1) is 0 Å².